The van der Waals surface area contributed by atoms with Gasteiger partial charge in [0.25, 0.3) is 0 Å². The SMILES string of the molecule is CCCC(C(=O)O)N1CCCCC1CCN. The molecule has 1 aliphatic heterocycles. The van der Waals surface area contributed by atoms with Gasteiger partial charge < -0.3 is 10.8 Å². The summed E-state index contributed by atoms with van der Waals surface area (Å²) in [4.78, 5) is 13.4. The summed E-state index contributed by atoms with van der Waals surface area (Å²) < 4.78 is 0. The zero-order valence-corrected chi connectivity index (χ0v) is 10.2. The average Bonchev–Trinajstić information content (AvgIpc) is 2.27. The van der Waals surface area contributed by atoms with Gasteiger partial charge in [-0.2, -0.15) is 0 Å². The Labute approximate surface area is 97.8 Å². The molecule has 0 aliphatic carbocycles. The predicted molar refractivity (Wildman–Crippen MR) is 64.3 cm³/mol. The molecule has 0 aromatic carbocycles. The third-order valence-electron chi connectivity index (χ3n) is 3.42. The maximum absolute atomic E-state index is 11.3. The van der Waals surface area contributed by atoms with Gasteiger partial charge in [0, 0.05) is 6.04 Å². The van der Waals surface area contributed by atoms with E-state index in [1.807, 2.05) is 6.92 Å². The molecule has 0 radical (unpaired) electrons. The molecule has 94 valence electrons. The van der Waals surface area contributed by atoms with Gasteiger partial charge in [0.15, 0.2) is 0 Å². The highest BCUT2D eigenvalue weighted by Crippen LogP contribution is 2.23. The second-order valence-electron chi connectivity index (χ2n) is 4.61. The standard InChI is InChI=1S/C12H24N2O2/c1-2-5-11(12(15)16)14-9-4-3-6-10(14)7-8-13/h10-11H,2-9,13H2,1H3,(H,15,16). The Morgan fingerprint density at radius 2 is 2.31 bits per heavy atom. The van der Waals surface area contributed by atoms with Gasteiger partial charge in [-0.05, 0) is 38.8 Å². The minimum Gasteiger partial charge on any atom is -0.480 e. The molecule has 0 amide bonds. The average molecular weight is 228 g/mol. The van der Waals surface area contributed by atoms with E-state index in [4.69, 9.17) is 5.73 Å². The van der Waals surface area contributed by atoms with E-state index in [1.165, 1.54) is 6.42 Å². The van der Waals surface area contributed by atoms with Gasteiger partial charge in [0.2, 0.25) is 0 Å². The van der Waals surface area contributed by atoms with Crippen LogP contribution in [0.2, 0.25) is 0 Å². The lowest BCUT2D eigenvalue weighted by atomic mass is 9.96. The Morgan fingerprint density at radius 3 is 2.88 bits per heavy atom. The van der Waals surface area contributed by atoms with Crippen LogP contribution < -0.4 is 5.73 Å². The quantitative estimate of drug-likeness (QED) is 0.722. The number of likely N-dealkylation sites (tertiary alicyclic amines) is 1. The van der Waals surface area contributed by atoms with E-state index in [-0.39, 0.29) is 6.04 Å². The van der Waals surface area contributed by atoms with E-state index in [9.17, 15) is 9.90 Å². The number of hydrogen-bond donors (Lipinski definition) is 2. The zero-order chi connectivity index (χ0) is 12.0. The monoisotopic (exact) mass is 228 g/mol. The maximum Gasteiger partial charge on any atom is 0.320 e. The van der Waals surface area contributed by atoms with Crippen molar-refractivity contribution in [2.24, 2.45) is 5.73 Å². The predicted octanol–water partition coefficient (Wildman–Crippen LogP) is 1.44. The molecule has 2 unspecified atom stereocenters. The normalized spacial score (nSPS) is 24.2. The van der Waals surface area contributed by atoms with E-state index in [0.29, 0.717) is 12.6 Å². The number of carboxylic acids is 1. The van der Waals surface area contributed by atoms with Crippen molar-refractivity contribution in [1.29, 1.82) is 0 Å². The maximum atomic E-state index is 11.3. The molecule has 4 heteroatoms. The van der Waals surface area contributed by atoms with Crippen LogP contribution in [0.15, 0.2) is 0 Å². The van der Waals surface area contributed by atoms with Crippen LogP contribution in [-0.4, -0.2) is 41.1 Å². The van der Waals surface area contributed by atoms with Crippen molar-refractivity contribution in [2.45, 2.75) is 57.5 Å². The van der Waals surface area contributed by atoms with Gasteiger partial charge in [-0.1, -0.05) is 19.8 Å². The molecule has 0 spiro atoms. The first kappa shape index (κ1) is 13.5. The minimum absolute atomic E-state index is 0.304. The fourth-order valence-electron chi connectivity index (χ4n) is 2.64. The summed E-state index contributed by atoms with van der Waals surface area (Å²) in [5.41, 5.74) is 5.60. The van der Waals surface area contributed by atoms with Gasteiger partial charge in [0.1, 0.15) is 6.04 Å². The van der Waals surface area contributed by atoms with Crippen LogP contribution in [-0.2, 0) is 4.79 Å². The molecule has 3 N–H and O–H groups in total. The van der Waals surface area contributed by atoms with Crippen LogP contribution >= 0.6 is 0 Å². The number of carboxylic acid groups (broad SMARTS) is 1. The Kier molecular flexibility index (Phi) is 5.77. The van der Waals surface area contributed by atoms with E-state index in [2.05, 4.69) is 4.90 Å². The molecule has 0 saturated carbocycles. The van der Waals surface area contributed by atoms with E-state index in [1.54, 1.807) is 0 Å². The van der Waals surface area contributed by atoms with Crippen molar-refractivity contribution in [3.05, 3.63) is 0 Å². The summed E-state index contributed by atoms with van der Waals surface area (Å²) in [6.45, 7) is 3.61. The molecule has 1 saturated heterocycles. The topological polar surface area (TPSA) is 66.6 Å². The van der Waals surface area contributed by atoms with E-state index < -0.39 is 5.97 Å². The van der Waals surface area contributed by atoms with E-state index in [0.717, 1.165) is 38.6 Å². The first-order valence-corrected chi connectivity index (χ1v) is 6.39. The highest BCUT2D eigenvalue weighted by Gasteiger charge is 2.31. The number of rotatable bonds is 6. The molecule has 1 rings (SSSR count). The number of aliphatic carboxylic acids is 1. The third-order valence-corrected chi connectivity index (χ3v) is 3.42. The van der Waals surface area contributed by atoms with Crippen LogP contribution in [0.3, 0.4) is 0 Å². The Hall–Kier alpha value is -0.610. The summed E-state index contributed by atoms with van der Waals surface area (Å²) >= 11 is 0. The lowest BCUT2D eigenvalue weighted by Crippen LogP contribution is -2.50. The van der Waals surface area contributed by atoms with Crippen LogP contribution in [0, 0.1) is 0 Å². The Balaban J connectivity index is 2.66. The van der Waals surface area contributed by atoms with Crippen LogP contribution in [0.5, 0.6) is 0 Å². The number of nitrogens with two attached hydrogens (primary N) is 1. The zero-order valence-electron chi connectivity index (χ0n) is 10.2. The van der Waals surface area contributed by atoms with Crippen LogP contribution in [0.4, 0.5) is 0 Å². The van der Waals surface area contributed by atoms with Gasteiger partial charge in [-0.25, -0.2) is 0 Å². The van der Waals surface area contributed by atoms with Gasteiger partial charge in [0.05, 0.1) is 0 Å². The number of hydrogen-bond acceptors (Lipinski definition) is 3. The van der Waals surface area contributed by atoms with Crippen molar-refractivity contribution in [1.82, 2.24) is 4.90 Å². The van der Waals surface area contributed by atoms with Gasteiger partial charge in [-0.15, -0.1) is 0 Å². The lowest BCUT2D eigenvalue weighted by molar-refractivity contribution is -0.145. The molecule has 2 atom stereocenters. The molecular formula is C12H24N2O2. The third kappa shape index (κ3) is 3.46. The molecule has 1 fully saturated rings. The highest BCUT2D eigenvalue weighted by molar-refractivity contribution is 5.73. The summed E-state index contributed by atoms with van der Waals surface area (Å²) in [5.74, 6) is -0.675. The lowest BCUT2D eigenvalue weighted by Gasteiger charge is -2.39. The molecule has 0 aromatic heterocycles. The summed E-state index contributed by atoms with van der Waals surface area (Å²) in [6, 6.07) is 0.0771. The first-order valence-electron chi connectivity index (χ1n) is 6.39. The smallest absolute Gasteiger partial charge is 0.320 e. The molecular weight excluding hydrogens is 204 g/mol. The molecule has 1 aliphatic rings. The number of piperidine rings is 1. The van der Waals surface area contributed by atoms with Crippen LogP contribution in [0.25, 0.3) is 0 Å². The summed E-state index contributed by atoms with van der Waals surface area (Å²) in [5, 5.41) is 9.27. The first-order chi connectivity index (χ1) is 7.70. The van der Waals surface area contributed by atoms with E-state index >= 15 is 0 Å². The second-order valence-corrected chi connectivity index (χ2v) is 4.61. The summed E-state index contributed by atoms with van der Waals surface area (Å²) in [7, 11) is 0. The largest absolute Gasteiger partial charge is 0.480 e. The minimum atomic E-state index is -0.675. The molecule has 1 heterocycles. The second kappa shape index (κ2) is 6.86. The Morgan fingerprint density at radius 1 is 1.56 bits per heavy atom. The highest BCUT2D eigenvalue weighted by atomic mass is 16.4. The van der Waals surface area contributed by atoms with Crippen molar-refractivity contribution >= 4 is 5.97 Å². The molecule has 16 heavy (non-hydrogen) atoms. The summed E-state index contributed by atoms with van der Waals surface area (Å²) in [6.07, 6.45) is 6.02. The van der Waals surface area contributed by atoms with Crippen molar-refractivity contribution < 1.29 is 9.90 Å². The van der Waals surface area contributed by atoms with Crippen LogP contribution in [0.1, 0.15) is 45.4 Å². The Bertz CT molecular complexity index is 219. The molecule has 4 nitrogen and oxygen atoms in total. The molecule has 0 bridgehead atoms. The fraction of sp³-hybridized carbons (Fsp3) is 0.917. The number of nitrogens with zero attached hydrogens (tertiary/aromatic N) is 1. The van der Waals surface area contributed by atoms with Gasteiger partial charge >= 0.3 is 5.97 Å². The molecule has 0 aromatic rings. The number of carbonyl (C=O) groups is 1. The van der Waals surface area contributed by atoms with Crippen molar-refractivity contribution in [3.63, 3.8) is 0 Å². The van der Waals surface area contributed by atoms with Crippen molar-refractivity contribution in [3.8, 4) is 0 Å². The van der Waals surface area contributed by atoms with Crippen molar-refractivity contribution in [2.75, 3.05) is 13.1 Å². The van der Waals surface area contributed by atoms with Gasteiger partial charge in [-0.3, -0.25) is 9.69 Å². The fourth-order valence-corrected chi connectivity index (χ4v) is 2.64.